The van der Waals surface area contributed by atoms with Crippen LogP contribution in [0.25, 0.3) is 0 Å². The van der Waals surface area contributed by atoms with E-state index in [0.29, 0.717) is 16.8 Å². The van der Waals surface area contributed by atoms with Crippen molar-refractivity contribution >= 4 is 23.1 Å². The van der Waals surface area contributed by atoms with Crippen molar-refractivity contribution in [3.63, 3.8) is 0 Å². The zero-order valence-electron chi connectivity index (χ0n) is 9.50. The molecule has 1 aromatic rings. The predicted octanol–water partition coefficient (Wildman–Crippen LogP) is 2.80. The van der Waals surface area contributed by atoms with Gasteiger partial charge in [0, 0.05) is 13.1 Å². The van der Waals surface area contributed by atoms with Crippen LogP contribution >= 0.6 is 11.6 Å². The van der Waals surface area contributed by atoms with Gasteiger partial charge in [-0.3, -0.25) is 0 Å². The molecule has 1 aromatic heterocycles. The van der Waals surface area contributed by atoms with Crippen LogP contribution in [-0.4, -0.2) is 18.1 Å². The van der Waals surface area contributed by atoms with Gasteiger partial charge in [-0.05, 0) is 25.0 Å². The molecule has 0 amide bonds. The monoisotopic (exact) mass is 227 g/mol. The number of aromatic nitrogens is 1. The van der Waals surface area contributed by atoms with E-state index in [1.54, 1.807) is 12.1 Å². The predicted molar refractivity (Wildman–Crippen MR) is 66.4 cm³/mol. The first-order valence-corrected chi connectivity index (χ1v) is 5.59. The molecule has 2 N–H and O–H groups in total. The Morgan fingerprint density at radius 1 is 1.47 bits per heavy atom. The Morgan fingerprint density at radius 3 is 2.67 bits per heavy atom. The van der Waals surface area contributed by atoms with E-state index >= 15 is 0 Å². The third-order valence-corrected chi connectivity index (χ3v) is 2.35. The molecule has 3 nitrogen and oxygen atoms in total. The molecule has 0 aliphatic heterocycles. The molecule has 0 aliphatic carbocycles. The Balaban J connectivity index is 2.95. The highest BCUT2D eigenvalue weighted by molar-refractivity contribution is 6.29. The normalized spacial score (nSPS) is 10.7. The first-order chi connectivity index (χ1) is 7.04. The van der Waals surface area contributed by atoms with Gasteiger partial charge in [0.15, 0.2) is 5.82 Å². The number of hydrogen-bond acceptors (Lipinski definition) is 3. The highest BCUT2D eigenvalue weighted by Crippen LogP contribution is 2.23. The van der Waals surface area contributed by atoms with Crippen LogP contribution in [0.15, 0.2) is 12.1 Å². The van der Waals surface area contributed by atoms with E-state index in [4.69, 9.17) is 17.3 Å². The minimum absolute atomic E-state index is 0.487. The van der Waals surface area contributed by atoms with E-state index in [-0.39, 0.29) is 0 Å². The summed E-state index contributed by atoms with van der Waals surface area (Å²) >= 11 is 5.86. The average molecular weight is 228 g/mol. The van der Waals surface area contributed by atoms with Crippen molar-refractivity contribution in [2.75, 3.05) is 23.7 Å². The van der Waals surface area contributed by atoms with Crippen molar-refractivity contribution in [3.8, 4) is 0 Å². The summed E-state index contributed by atoms with van der Waals surface area (Å²) < 4.78 is 0. The van der Waals surface area contributed by atoms with E-state index < -0.39 is 0 Å². The summed E-state index contributed by atoms with van der Waals surface area (Å²) in [5.74, 6) is 1.36. The number of nitrogens with zero attached hydrogens (tertiary/aromatic N) is 2. The zero-order valence-corrected chi connectivity index (χ0v) is 10.3. The molecule has 1 heterocycles. The first kappa shape index (κ1) is 12.1. The minimum atomic E-state index is 0.487. The van der Waals surface area contributed by atoms with Crippen LogP contribution < -0.4 is 10.6 Å². The van der Waals surface area contributed by atoms with Gasteiger partial charge in [0.2, 0.25) is 0 Å². The summed E-state index contributed by atoms with van der Waals surface area (Å²) in [5, 5.41) is 0.487. The smallest absolute Gasteiger partial charge is 0.153 e. The summed E-state index contributed by atoms with van der Waals surface area (Å²) in [6, 6.07) is 3.51. The lowest BCUT2D eigenvalue weighted by atomic mass is 10.2. The van der Waals surface area contributed by atoms with Crippen LogP contribution in [0.3, 0.4) is 0 Å². The summed E-state index contributed by atoms with van der Waals surface area (Å²) in [5.41, 5.74) is 6.56. The van der Waals surface area contributed by atoms with Gasteiger partial charge in [-0.25, -0.2) is 4.98 Å². The second-order valence-electron chi connectivity index (χ2n) is 3.98. The van der Waals surface area contributed by atoms with Crippen molar-refractivity contribution in [2.45, 2.75) is 20.8 Å². The summed E-state index contributed by atoms with van der Waals surface area (Å²) in [6.45, 7) is 8.25. The third kappa shape index (κ3) is 3.27. The molecule has 0 spiro atoms. The summed E-state index contributed by atoms with van der Waals surface area (Å²) in [7, 11) is 0. The van der Waals surface area contributed by atoms with E-state index in [0.717, 1.165) is 18.9 Å². The molecular weight excluding hydrogens is 210 g/mol. The van der Waals surface area contributed by atoms with E-state index in [9.17, 15) is 0 Å². The van der Waals surface area contributed by atoms with Crippen molar-refractivity contribution in [3.05, 3.63) is 17.3 Å². The van der Waals surface area contributed by atoms with Crippen molar-refractivity contribution in [1.82, 2.24) is 4.98 Å². The average Bonchev–Trinajstić information content (AvgIpc) is 2.18. The highest BCUT2D eigenvalue weighted by Gasteiger charge is 2.11. The lowest BCUT2D eigenvalue weighted by Gasteiger charge is -2.25. The van der Waals surface area contributed by atoms with Gasteiger partial charge in [0.25, 0.3) is 0 Å². The first-order valence-electron chi connectivity index (χ1n) is 5.21. The quantitative estimate of drug-likeness (QED) is 0.805. The Hall–Kier alpha value is -0.960. The number of anilines is 2. The topological polar surface area (TPSA) is 42.2 Å². The molecule has 0 aliphatic rings. The van der Waals surface area contributed by atoms with Gasteiger partial charge in [-0.15, -0.1) is 0 Å². The Labute approximate surface area is 96.2 Å². The van der Waals surface area contributed by atoms with Crippen molar-refractivity contribution in [1.29, 1.82) is 0 Å². The molecule has 0 atom stereocenters. The minimum Gasteiger partial charge on any atom is -0.396 e. The van der Waals surface area contributed by atoms with Crippen LogP contribution in [0, 0.1) is 5.92 Å². The van der Waals surface area contributed by atoms with Gasteiger partial charge in [-0.2, -0.15) is 0 Å². The van der Waals surface area contributed by atoms with Crippen molar-refractivity contribution < 1.29 is 0 Å². The lowest BCUT2D eigenvalue weighted by molar-refractivity contribution is 0.615. The van der Waals surface area contributed by atoms with Gasteiger partial charge in [-0.1, -0.05) is 25.4 Å². The molecule has 0 bridgehead atoms. The molecule has 0 unspecified atom stereocenters. The fraction of sp³-hybridized carbons (Fsp3) is 0.545. The largest absolute Gasteiger partial charge is 0.396 e. The second kappa shape index (κ2) is 5.21. The molecule has 84 valence electrons. The number of hydrogen-bond donors (Lipinski definition) is 1. The molecule has 1 rings (SSSR count). The third-order valence-electron chi connectivity index (χ3n) is 2.14. The highest BCUT2D eigenvalue weighted by atomic mass is 35.5. The van der Waals surface area contributed by atoms with Crippen LogP contribution in [0.5, 0.6) is 0 Å². The van der Waals surface area contributed by atoms with Gasteiger partial charge < -0.3 is 10.6 Å². The molecular formula is C11H18ClN3. The molecule has 4 heteroatoms. The van der Waals surface area contributed by atoms with Crippen LogP contribution in [0.4, 0.5) is 11.5 Å². The molecule has 15 heavy (non-hydrogen) atoms. The number of nitrogens with two attached hydrogens (primary N) is 1. The fourth-order valence-electron chi connectivity index (χ4n) is 1.50. The standard InChI is InChI=1S/C11H18ClN3/c1-4-15(7-8(2)3)11-9(13)5-6-10(12)14-11/h5-6,8H,4,7,13H2,1-3H3. The molecule has 0 radical (unpaired) electrons. The SMILES string of the molecule is CCN(CC(C)C)c1nc(Cl)ccc1N. The zero-order chi connectivity index (χ0) is 11.4. The maximum Gasteiger partial charge on any atom is 0.153 e. The van der Waals surface area contributed by atoms with Crippen LogP contribution in [-0.2, 0) is 0 Å². The van der Waals surface area contributed by atoms with Crippen LogP contribution in [0.2, 0.25) is 5.15 Å². The summed E-state index contributed by atoms with van der Waals surface area (Å²) in [6.07, 6.45) is 0. The Morgan fingerprint density at radius 2 is 2.13 bits per heavy atom. The van der Waals surface area contributed by atoms with E-state index in [1.165, 1.54) is 0 Å². The fourth-order valence-corrected chi connectivity index (χ4v) is 1.64. The number of halogens is 1. The maximum absolute atomic E-state index is 5.88. The lowest BCUT2D eigenvalue weighted by Crippen LogP contribution is -2.28. The molecule has 0 saturated heterocycles. The second-order valence-corrected chi connectivity index (χ2v) is 4.37. The van der Waals surface area contributed by atoms with Gasteiger partial charge in [0.05, 0.1) is 5.69 Å². The van der Waals surface area contributed by atoms with E-state index in [2.05, 4.69) is 30.7 Å². The summed E-state index contributed by atoms with van der Waals surface area (Å²) in [4.78, 5) is 6.41. The maximum atomic E-state index is 5.88. The molecule has 0 aromatic carbocycles. The number of rotatable bonds is 4. The number of nitrogen functional groups attached to an aromatic ring is 1. The van der Waals surface area contributed by atoms with Crippen LogP contribution in [0.1, 0.15) is 20.8 Å². The molecule has 0 fully saturated rings. The van der Waals surface area contributed by atoms with Gasteiger partial charge >= 0.3 is 0 Å². The Bertz CT molecular complexity index is 326. The Kier molecular flexibility index (Phi) is 4.21. The van der Waals surface area contributed by atoms with E-state index in [1.807, 2.05) is 0 Å². The molecule has 0 saturated carbocycles. The van der Waals surface area contributed by atoms with Gasteiger partial charge in [0.1, 0.15) is 5.15 Å². The number of pyridine rings is 1. The van der Waals surface area contributed by atoms with Crippen molar-refractivity contribution in [2.24, 2.45) is 5.92 Å².